The maximum absolute atomic E-state index is 14.3. The molecule has 0 aromatic heterocycles. The molecule has 0 bridgehead atoms. The molecule has 0 unspecified atom stereocenters. The van der Waals surface area contributed by atoms with E-state index in [0.717, 1.165) is 18.4 Å². The van der Waals surface area contributed by atoms with Crippen LogP contribution in [0.3, 0.4) is 0 Å². The molecule has 27 heavy (non-hydrogen) atoms. The summed E-state index contributed by atoms with van der Waals surface area (Å²) >= 11 is 0. The van der Waals surface area contributed by atoms with Crippen LogP contribution in [0.1, 0.15) is 72.9 Å². The Hall–Kier alpha value is -1.83. The minimum Gasteiger partial charge on any atom is -0.497 e. The summed E-state index contributed by atoms with van der Waals surface area (Å²) in [4.78, 5) is 0. The van der Waals surface area contributed by atoms with Gasteiger partial charge in [-0.05, 0) is 53.1 Å². The minimum absolute atomic E-state index is 0.149. The van der Waals surface area contributed by atoms with Crippen molar-refractivity contribution in [1.82, 2.24) is 0 Å². The minimum atomic E-state index is -0.208. The number of ether oxygens (including phenoxy) is 1. The third-order valence-corrected chi connectivity index (χ3v) is 3.76. The molecule has 0 aliphatic heterocycles. The number of benzene rings is 2. The smallest absolute Gasteiger partial charge is 0.131 e. The quantitative estimate of drug-likeness (QED) is 0.525. The summed E-state index contributed by atoms with van der Waals surface area (Å²) in [5, 5.41) is 0. The van der Waals surface area contributed by atoms with Crippen molar-refractivity contribution in [2.75, 3.05) is 7.11 Å². The van der Waals surface area contributed by atoms with E-state index in [4.69, 9.17) is 4.74 Å². The Morgan fingerprint density at radius 2 is 1.48 bits per heavy atom. The van der Waals surface area contributed by atoms with Gasteiger partial charge < -0.3 is 4.74 Å². The average molecular weight is 375 g/mol. The van der Waals surface area contributed by atoms with Gasteiger partial charge in [0.15, 0.2) is 0 Å². The zero-order valence-corrected chi connectivity index (χ0v) is 18.9. The van der Waals surface area contributed by atoms with Gasteiger partial charge in [0.1, 0.15) is 11.6 Å². The van der Waals surface area contributed by atoms with Crippen molar-refractivity contribution in [3.05, 3.63) is 53.3 Å². The van der Waals surface area contributed by atoms with Crippen LogP contribution in [-0.4, -0.2) is 7.11 Å². The predicted octanol–water partition coefficient (Wildman–Crippen LogP) is 8.09. The van der Waals surface area contributed by atoms with Crippen LogP contribution in [0.4, 0.5) is 4.39 Å². The zero-order valence-electron chi connectivity index (χ0n) is 18.9. The van der Waals surface area contributed by atoms with Gasteiger partial charge in [0, 0.05) is 5.56 Å². The number of halogens is 1. The fourth-order valence-corrected chi connectivity index (χ4v) is 2.69. The molecule has 0 N–H and O–H groups in total. The molecule has 1 nitrogen and oxygen atoms in total. The second-order valence-corrected chi connectivity index (χ2v) is 7.64. The SMILES string of the molecule is CC.CCC.CCc1ccc(-c2cc(OC)ccc2F)c(CC(C)(C)C)c1. The Labute approximate surface area is 167 Å². The number of methoxy groups -OCH3 is 1. The molecule has 0 fully saturated rings. The van der Waals surface area contributed by atoms with E-state index >= 15 is 0 Å². The van der Waals surface area contributed by atoms with E-state index in [1.165, 1.54) is 23.6 Å². The first-order valence-electron chi connectivity index (χ1n) is 10.2. The first-order chi connectivity index (χ1) is 12.8. The Morgan fingerprint density at radius 3 is 1.96 bits per heavy atom. The third-order valence-electron chi connectivity index (χ3n) is 3.76. The molecule has 0 aliphatic rings. The van der Waals surface area contributed by atoms with Crippen LogP contribution in [0.5, 0.6) is 5.75 Å². The summed E-state index contributed by atoms with van der Waals surface area (Å²) in [6.45, 7) is 17.0. The summed E-state index contributed by atoms with van der Waals surface area (Å²) in [5.41, 5.74) is 4.20. The molecular weight excluding hydrogens is 335 g/mol. The van der Waals surface area contributed by atoms with E-state index in [1.807, 2.05) is 19.9 Å². The van der Waals surface area contributed by atoms with E-state index in [2.05, 4.69) is 53.7 Å². The molecule has 0 atom stereocenters. The van der Waals surface area contributed by atoms with Crippen molar-refractivity contribution >= 4 is 0 Å². The van der Waals surface area contributed by atoms with Crippen LogP contribution in [-0.2, 0) is 12.8 Å². The Morgan fingerprint density at radius 1 is 0.889 bits per heavy atom. The summed E-state index contributed by atoms with van der Waals surface area (Å²) < 4.78 is 19.6. The van der Waals surface area contributed by atoms with Gasteiger partial charge in [0.05, 0.1) is 7.11 Å². The molecule has 0 spiro atoms. The molecular formula is C25H39FO. The molecule has 0 saturated carbocycles. The van der Waals surface area contributed by atoms with Crippen molar-refractivity contribution in [2.45, 2.75) is 74.7 Å². The summed E-state index contributed by atoms with van der Waals surface area (Å²) in [5.74, 6) is 0.470. The Balaban J connectivity index is 0.00000123. The van der Waals surface area contributed by atoms with E-state index in [9.17, 15) is 4.39 Å². The zero-order chi connectivity index (χ0) is 21.0. The fraction of sp³-hybridized carbons (Fsp3) is 0.520. The Bertz CT molecular complexity index is 669. The van der Waals surface area contributed by atoms with Gasteiger partial charge in [-0.1, -0.05) is 80.0 Å². The summed E-state index contributed by atoms with van der Waals surface area (Å²) in [7, 11) is 1.60. The molecule has 0 saturated heterocycles. The molecule has 0 aliphatic carbocycles. The predicted molar refractivity (Wildman–Crippen MR) is 118 cm³/mol. The van der Waals surface area contributed by atoms with Gasteiger partial charge in [-0.25, -0.2) is 4.39 Å². The fourth-order valence-electron chi connectivity index (χ4n) is 2.69. The lowest BCUT2D eigenvalue weighted by atomic mass is 9.84. The lowest BCUT2D eigenvalue weighted by Gasteiger charge is -2.22. The largest absolute Gasteiger partial charge is 0.497 e. The molecule has 152 valence electrons. The Kier molecular flexibility index (Phi) is 11.7. The van der Waals surface area contributed by atoms with Crippen molar-refractivity contribution in [3.63, 3.8) is 0 Å². The first-order valence-corrected chi connectivity index (χ1v) is 10.2. The molecule has 0 amide bonds. The summed E-state index contributed by atoms with van der Waals surface area (Å²) in [6.07, 6.45) is 3.14. The second-order valence-electron chi connectivity index (χ2n) is 7.64. The van der Waals surface area contributed by atoms with Crippen molar-refractivity contribution in [3.8, 4) is 16.9 Å². The van der Waals surface area contributed by atoms with Crippen molar-refractivity contribution < 1.29 is 9.13 Å². The van der Waals surface area contributed by atoms with E-state index in [0.29, 0.717) is 11.3 Å². The van der Waals surface area contributed by atoms with E-state index in [1.54, 1.807) is 19.2 Å². The molecule has 2 rings (SSSR count). The number of hydrogen-bond acceptors (Lipinski definition) is 1. The van der Waals surface area contributed by atoms with Crippen LogP contribution in [0.15, 0.2) is 36.4 Å². The normalized spacial score (nSPS) is 10.3. The lowest BCUT2D eigenvalue weighted by Crippen LogP contribution is -2.10. The standard InChI is InChI=1S/C20H25FO.C3H8.C2H6/c1-6-14-7-9-17(15(11-14)13-20(2,3)4)18-12-16(22-5)8-10-19(18)21;1-3-2;1-2/h7-12H,6,13H2,1-5H3;3H2,1-2H3;1-2H3. The lowest BCUT2D eigenvalue weighted by molar-refractivity contribution is 0.411. The number of rotatable bonds is 4. The van der Waals surface area contributed by atoms with Crippen LogP contribution in [0.2, 0.25) is 0 Å². The molecule has 2 aromatic rings. The van der Waals surface area contributed by atoms with Gasteiger partial charge in [0.25, 0.3) is 0 Å². The van der Waals surface area contributed by atoms with Crippen LogP contribution in [0.25, 0.3) is 11.1 Å². The highest BCUT2D eigenvalue weighted by molar-refractivity contribution is 5.70. The monoisotopic (exact) mass is 374 g/mol. The highest BCUT2D eigenvalue weighted by Crippen LogP contribution is 2.33. The second kappa shape index (κ2) is 12.5. The highest BCUT2D eigenvalue weighted by atomic mass is 19.1. The average Bonchev–Trinajstić information content (AvgIpc) is 2.63. The van der Waals surface area contributed by atoms with E-state index < -0.39 is 0 Å². The van der Waals surface area contributed by atoms with E-state index in [-0.39, 0.29) is 11.2 Å². The summed E-state index contributed by atoms with van der Waals surface area (Å²) in [6, 6.07) is 11.2. The molecule has 0 radical (unpaired) electrons. The maximum atomic E-state index is 14.3. The van der Waals surface area contributed by atoms with Gasteiger partial charge in [-0.2, -0.15) is 0 Å². The number of aryl methyl sites for hydroxylation is 1. The molecule has 2 aromatic carbocycles. The van der Waals surface area contributed by atoms with Crippen molar-refractivity contribution in [2.24, 2.45) is 5.41 Å². The van der Waals surface area contributed by atoms with Gasteiger partial charge >= 0.3 is 0 Å². The highest BCUT2D eigenvalue weighted by Gasteiger charge is 2.17. The van der Waals surface area contributed by atoms with Crippen LogP contribution >= 0.6 is 0 Å². The topological polar surface area (TPSA) is 9.23 Å². The molecule has 2 heteroatoms. The van der Waals surface area contributed by atoms with Crippen molar-refractivity contribution in [1.29, 1.82) is 0 Å². The van der Waals surface area contributed by atoms with Gasteiger partial charge in [-0.3, -0.25) is 0 Å². The molecule has 0 heterocycles. The third kappa shape index (κ3) is 8.60. The van der Waals surface area contributed by atoms with Crippen LogP contribution < -0.4 is 4.74 Å². The van der Waals surface area contributed by atoms with Crippen LogP contribution in [0, 0.1) is 11.2 Å². The van der Waals surface area contributed by atoms with Gasteiger partial charge in [-0.15, -0.1) is 0 Å². The maximum Gasteiger partial charge on any atom is 0.131 e. The first kappa shape index (κ1) is 25.2. The van der Waals surface area contributed by atoms with Gasteiger partial charge in [0.2, 0.25) is 0 Å². The number of hydrogen-bond donors (Lipinski definition) is 0.